The van der Waals surface area contributed by atoms with Crippen molar-refractivity contribution in [1.29, 1.82) is 0 Å². The van der Waals surface area contributed by atoms with Gasteiger partial charge in [-0.05, 0) is 25.1 Å². The summed E-state index contributed by atoms with van der Waals surface area (Å²) < 4.78 is 18.2. The van der Waals surface area contributed by atoms with Crippen molar-refractivity contribution in [3.63, 3.8) is 0 Å². The predicted molar refractivity (Wildman–Crippen MR) is 104 cm³/mol. The zero-order chi connectivity index (χ0) is 19.3. The van der Waals surface area contributed by atoms with E-state index in [1.807, 2.05) is 16.7 Å². The van der Waals surface area contributed by atoms with E-state index < -0.39 is 0 Å². The minimum absolute atomic E-state index is 0.363. The van der Waals surface area contributed by atoms with Crippen molar-refractivity contribution in [2.24, 2.45) is 0 Å². The molecule has 0 fully saturated rings. The number of nitrogens with zero attached hydrogens (tertiary/aromatic N) is 5. The molecule has 0 aliphatic rings. The van der Waals surface area contributed by atoms with E-state index >= 15 is 0 Å². The van der Waals surface area contributed by atoms with Crippen LogP contribution in [0.5, 0.6) is 0 Å². The highest BCUT2D eigenvalue weighted by Gasteiger charge is 2.17. The molecule has 0 aliphatic heterocycles. The maximum Gasteiger partial charge on any atom is 0.283 e. The maximum atomic E-state index is 5.66. The number of rotatable bonds is 8. The van der Waals surface area contributed by atoms with E-state index in [4.69, 9.17) is 13.6 Å². The van der Waals surface area contributed by atoms with E-state index in [0.717, 1.165) is 16.5 Å². The summed E-state index contributed by atoms with van der Waals surface area (Å²) in [4.78, 5) is 0. The number of thioether (sulfide) groups is 1. The van der Waals surface area contributed by atoms with Crippen LogP contribution in [-0.4, -0.2) is 38.7 Å². The Kier molecular flexibility index (Phi) is 5.54. The lowest BCUT2D eigenvalue weighted by Crippen LogP contribution is -2.07. The summed E-state index contributed by atoms with van der Waals surface area (Å²) in [7, 11) is 1.68. The zero-order valence-electron chi connectivity index (χ0n) is 15.5. The van der Waals surface area contributed by atoms with Crippen molar-refractivity contribution < 1.29 is 13.6 Å². The van der Waals surface area contributed by atoms with Crippen molar-refractivity contribution >= 4 is 11.8 Å². The molecule has 9 heteroatoms. The largest absolute Gasteiger partial charge is 0.459 e. The van der Waals surface area contributed by atoms with Gasteiger partial charge < -0.3 is 13.6 Å². The summed E-state index contributed by atoms with van der Waals surface area (Å²) in [6, 6.07) is 11.7. The van der Waals surface area contributed by atoms with Crippen LogP contribution in [0.2, 0.25) is 0 Å². The second-order valence-electron chi connectivity index (χ2n) is 6.09. The Hall–Kier alpha value is -2.91. The molecule has 28 heavy (non-hydrogen) atoms. The first-order valence-corrected chi connectivity index (χ1v) is 9.71. The van der Waals surface area contributed by atoms with E-state index in [1.54, 1.807) is 25.5 Å². The average Bonchev–Trinajstić information content (AvgIpc) is 3.45. The number of furan rings is 1. The van der Waals surface area contributed by atoms with Gasteiger partial charge in [0.25, 0.3) is 5.89 Å². The molecule has 144 valence electrons. The van der Waals surface area contributed by atoms with Gasteiger partial charge in [0.15, 0.2) is 16.7 Å². The molecule has 3 heterocycles. The Morgan fingerprint density at radius 2 is 2.04 bits per heavy atom. The molecule has 4 aromatic rings. The molecule has 0 bridgehead atoms. The third-order valence-corrected chi connectivity index (χ3v) is 4.99. The standard InChI is InChI=1S/C19H19N5O3S/c1-13-5-3-6-14(11-13)17-21-23-19(24(17)8-10-25-2)28-12-16-20-22-18(27-16)15-7-4-9-26-15/h3-7,9,11H,8,10,12H2,1-2H3. The third-order valence-electron chi connectivity index (χ3n) is 4.04. The second kappa shape index (κ2) is 8.41. The molecule has 0 atom stereocenters. The summed E-state index contributed by atoms with van der Waals surface area (Å²) in [5, 5.41) is 17.6. The van der Waals surface area contributed by atoms with Gasteiger partial charge in [0.2, 0.25) is 5.89 Å². The number of methoxy groups -OCH3 is 1. The highest BCUT2D eigenvalue weighted by atomic mass is 32.2. The fraction of sp³-hybridized carbons (Fsp3) is 0.263. The van der Waals surface area contributed by atoms with Gasteiger partial charge in [-0.25, -0.2) is 0 Å². The van der Waals surface area contributed by atoms with Crippen molar-refractivity contribution in [3.8, 4) is 23.0 Å². The van der Waals surface area contributed by atoms with Crippen molar-refractivity contribution in [2.75, 3.05) is 13.7 Å². The summed E-state index contributed by atoms with van der Waals surface area (Å²) in [5.74, 6) is 2.70. The first-order valence-electron chi connectivity index (χ1n) is 8.73. The van der Waals surface area contributed by atoms with Gasteiger partial charge in [0.05, 0.1) is 25.2 Å². The molecule has 0 aliphatic carbocycles. The molecule has 0 unspecified atom stereocenters. The van der Waals surface area contributed by atoms with Gasteiger partial charge in [-0.1, -0.05) is 35.5 Å². The minimum Gasteiger partial charge on any atom is -0.459 e. The molecule has 3 aromatic heterocycles. The molecular formula is C19H19N5O3S. The molecule has 8 nitrogen and oxygen atoms in total. The lowest BCUT2D eigenvalue weighted by atomic mass is 10.1. The molecule has 0 amide bonds. The van der Waals surface area contributed by atoms with Crippen molar-refractivity contribution in [2.45, 2.75) is 24.4 Å². The van der Waals surface area contributed by atoms with Crippen LogP contribution in [-0.2, 0) is 17.0 Å². The van der Waals surface area contributed by atoms with Crippen molar-refractivity contribution in [1.82, 2.24) is 25.0 Å². The Balaban J connectivity index is 1.54. The summed E-state index contributed by atoms with van der Waals surface area (Å²) in [5.41, 5.74) is 2.19. The fourth-order valence-corrected chi connectivity index (χ4v) is 3.52. The normalized spacial score (nSPS) is 11.2. The van der Waals surface area contributed by atoms with E-state index in [1.165, 1.54) is 17.3 Å². The zero-order valence-corrected chi connectivity index (χ0v) is 16.3. The lowest BCUT2D eigenvalue weighted by molar-refractivity contribution is 0.185. The quantitative estimate of drug-likeness (QED) is 0.414. The first kappa shape index (κ1) is 18.5. The van der Waals surface area contributed by atoms with Crippen LogP contribution < -0.4 is 0 Å². The van der Waals surface area contributed by atoms with Crippen LogP contribution in [0.25, 0.3) is 23.0 Å². The van der Waals surface area contributed by atoms with Crippen LogP contribution in [0.1, 0.15) is 11.5 Å². The van der Waals surface area contributed by atoms with E-state index in [2.05, 4.69) is 39.5 Å². The SMILES string of the molecule is COCCn1c(SCc2nnc(-c3ccco3)o2)nnc1-c1cccc(C)c1. The van der Waals surface area contributed by atoms with Gasteiger partial charge in [0.1, 0.15) is 0 Å². The van der Waals surface area contributed by atoms with Crippen LogP contribution in [0.3, 0.4) is 0 Å². The second-order valence-corrected chi connectivity index (χ2v) is 7.03. The molecule has 0 spiro atoms. The van der Waals surface area contributed by atoms with Crippen LogP contribution in [0.4, 0.5) is 0 Å². The topological polar surface area (TPSA) is 92.0 Å². The van der Waals surface area contributed by atoms with Gasteiger partial charge >= 0.3 is 0 Å². The van der Waals surface area contributed by atoms with E-state index in [0.29, 0.717) is 36.4 Å². The monoisotopic (exact) mass is 397 g/mol. The van der Waals surface area contributed by atoms with E-state index in [-0.39, 0.29) is 0 Å². The van der Waals surface area contributed by atoms with Crippen molar-refractivity contribution in [3.05, 3.63) is 54.1 Å². The van der Waals surface area contributed by atoms with E-state index in [9.17, 15) is 0 Å². The van der Waals surface area contributed by atoms with Crippen LogP contribution in [0, 0.1) is 6.92 Å². The highest BCUT2D eigenvalue weighted by molar-refractivity contribution is 7.98. The smallest absolute Gasteiger partial charge is 0.283 e. The Morgan fingerprint density at radius 3 is 2.82 bits per heavy atom. The van der Waals surface area contributed by atoms with Gasteiger partial charge in [0, 0.05) is 12.7 Å². The predicted octanol–water partition coefficient (Wildman–Crippen LogP) is 3.84. The number of hydrogen-bond donors (Lipinski definition) is 0. The Labute approximate surface area is 165 Å². The fourth-order valence-electron chi connectivity index (χ4n) is 2.72. The number of hydrogen-bond acceptors (Lipinski definition) is 8. The summed E-state index contributed by atoms with van der Waals surface area (Å²) in [6.07, 6.45) is 1.57. The maximum absolute atomic E-state index is 5.66. The number of benzene rings is 1. The molecule has 0 radical (unpaired) electrons. The van der Waals surface area contributed by atoms with Gasteiger partial charge in [-0.3, -0.25) is 4.57 Å². The van der Waals surface area contributed by atoms with Crippen LogP contribution in [0.15, 0.2) is 56.7 Å². The molecule has 0 saturated carbocycles. The highest BCUT2D eigenvalue weighted by Crippen LogP contribution is 2.27. The minimum atomic E-state index is 0.363. The molecule has 0 N–H and O–H groups in total. The van der Waals surface area contributed by atoms with Gasteiger partial charge in [-0.15, -0.1) is 20.4 Å². The lowest BCUT2D eigenvalue weighted by Gasteiger charge is -2.09. The molecule has 1 aromatic carbocycles. The third kappa shape index (κ3) is 4.00. The van der Waals surface area contributed by atoms with Gasteiger partial charge in [-0.2, -0.15) is 0 Å². The Morgan fingerprint density at radius 1 is 1.11 bits per heavy atom. The Bertz CT molecular complexity index is 1040. The van der Waals surface area contributed by atoms with Crippen LogP contribution >= 0.6 is 11.8 Å². The molecule has 0 saturated heterocycles. The molecular weight excluding hydrogens is 378 g/mol. The number of ether oxygens (including phenoxy) is 1. The first-order chi connectivity index (χ1) is 13.7. The average molecular weight is 397 g/mol. The number of aryl methyl sites for hydroxylation is 1. The molecule has 4 rings (SSSR count). The number of aromatic nitrogens is 5. The summed E-state index contributed by atoms with van der Waals surface area (Å²) in [6.45, 7) is 3.27. The summed E-state index contributed by atoms with van der Waals surface area (Å²) >= 11 is 1.49.